The van der Waals surface area contributed by atoms with E-state index in [0.717, 1.165) is 23.4 Å². The lowest BCUT2D eigenvalue weighted by molar-refractivity contribution is 0.102. The Morgan fingerprint density at radius 1 is 1.23 bits per heavy atom. The summed E-state index contributed by atoms with van der Waals surface area (Å²) < 4.78 is 37.4. The Morgan fingerprint density at radius 2 is 1.95 bits per heavy atom. The van der Waals surface area contributed by atoms with Crippen molar-refractivity contribution in [2.24, 2.45) is 0 Å². The van der Waals surface area contributed by atoms with Gasteiger partial charge in [0.1, 0.15) is 0 Å². The lowest BCUT2D eigenvalue weighted by atomic mass is 10.1. The SMILES string of the molecule is Cc1ccc(C)c(NC(=O)c2cncc(OS(=O)(=O)F)c2)c1. The second kappa shape index (κ2) is 6.10. The molecule has 0 spiro atoms. The molecule has 0 radical (unpaired) electrons. The monoisotopic (exact) mass is 324 g/mol. The summed E-state index contributed by atoms with van der Waals surface area (Å²) in [6.07, 6.45) is 2.21. The highest BCUT2D eigenvalue weighted by Crippen LogP contribution is 2.19. The van der Waals surface area contributed by atoms with Gasteiger partial charge in [0.2, 0.25) is 0 Å². The predicted molar refractivity (Wildman–Crippen MR) is 78.8 cm³/mol. The van der Waals surface area contributed by atoms with Crippen LogP contribution in [-0.4, -0.2) is 19.3 Å². The van der Waals surface area contributed by atoms with Crippen LogP contribution in [-0.2, 0) is 10.5 Å². The predicted octanol–water partition coefficient (Wildman–Crippen LogP) is 2.54. The first-order chi connectivity index (χ1) is 10.2. The van der Waals surface area contributed by atoms with Crippen molar-refractivity contribution >= 4 is 22.1 Å². The molecular formula is C14H13FN2O4S. The fraction of sp³-hybridized carbons (Fsp3) is 0.143. The van der Waals surface area contributed by atoms with Crippen LogP contribution in [0.15, 0.2) is 36.7 Å². The van der Waals surface area contributed by atoms with Crippen LogP contribution in [0, 0.1) is 13.8 Å². The van der Waals surface area contributed by atoms with E-state index in [1.807, 2.05) is 26.0 Å². The van der Waals surface area contributed by atoms with E-state index in [1.165, 1.54) is 6.20 Å². The van der Waals surface area contributed by atoms with Crippen molar-refractivity contribution in [1.29, 1.82) is 0 Å². The normalized spacial score (nSPS) is 11.0. The summed E-state index contributed by atoms with van der Waals surface area (Å²) >= 11 is 0. The van der Waals surface area contributed by atoms with E-state index in [0.29, 0.717) is 5.69 Å². The fourth-order valence-corrected chi connectivity index (χ4v) is 2.09. The molecule has 1 N–H and O–H groups in total. The molecule has 0 saturated carbocycles. The average molecular weight is 324 g/mol. The van der Waals surface area contributed by atoms with E-state index in [-0.39, 0.29) is 11.3 Å². The number of aromatic nitrogens is 1. The van der Waals surface area contributed by atoms with Crippen molar-refractivity contribution in [2.75, 3.05) is 5.32 Å². The van der Waals surface area contributed by atoms with Gasteiger partial charge in [-0.2, -0.15) is 8.42 Å². The molecule has 2 rings (SSSR count). The van der Waals surface area contributed by atoms with Crippen LogP contribution >= 0.6 is 0 Å². The number of nitrogens with zero attached hydrogens (tertiary/aromatic N) is 1. The van der Waals surface area contributed by atoms with Gasteiger partial charge in [0.25, 0.3) is 5.91 Å². The fourth-order valence-electron chi connectivity index (χ4n) is 1.77. The van der Waals surface area contributed by atoms with Crippen LogP contribution < -0.4 is 9.50 Å². The van der Waals surface area contributed by atoms with Gasteiger partial charge in [-0.1, -0.05) is 16.0 Å². The Bertz CT molecular complexity index is 821. The highest BCUT2D eigenvalue weighted by atomic mass is 32.3. The van der Waals surface area contributed by atoms with Gasteiger partial charge in [-0.3, -0.25) is 9.78 Å². The van der Waals surface area contributed by atoms with E-state index in [9.17, 15) is 17.1 Å². The first-order valence-corrected chi connectivity index (χ1v) is 7.53. The number of benzene rings is 1. The zero-order chi connectivity index (χ0) is 16.3. The molecule has 0 atom stereocenters. The maximum absolute atomic E-state index is 12.5. The standard InChI is InChI=1S/C14H13FN2O4S/c1-9-3-4-10(2)13(5-9)17-14(18)11-6-12(8-16-7-11)21-22(15,19)20/h3-8H,1-2H3,(H,17,18). The molecule has 1 heterocycles. The summed E-state index contributed by atoms with van der Waals surface area (Å²) in [6, 6.07) is 6.66. The Morgan fingerprint density at radius 3 is 2.64 bits per heavy atom. The number of carbonyl (C=O) groups is 1. The van der Waals surface area contributed by atoms with Crippen molar-refractivity contribution in [3.8, 4) is 5.75 Å². The van der Waals surface area contributed by atoms with Crippen LogP contribution in [0.25, 0.3) is 0 Å². The number of aryl methyl sites for hydroxylation is 2. The van der Waals surface area contributed by atoms with E-state index in [1.54, 1.807) is 6.07 Å². The minimum atomic E-state index is -5.16. The Kier molecular flexibility index (Phi) is 4.41. The third-order valence-corrected chi connectivity index (χ3v) is 3.20. The first-order valence-electron chi connectivity index (χ1n) is 6.22. The second-order valence-electron chi connectivity index (χ2n) is 4.66. The van der Waals surface area contributed by atoms with Gasteiger partial charge in [0.15, 0.2) is 5.75 Å². The lowest BCUT2D eigenvalue weighted by Gasteiger charge is -2.09. The van der Waals surface area contributed by atoms with Crippen molar-refractivity contribution in [3.63, 3.8) is 0 Å². The number of amides is 1. The summed E-state index contributed by atoms with van der Waals surface area (Å²) in [6.45, 7) is 3.72. The van der Waals surface area contributed by atoms with Crippen LogP contribution in [0.1, 0.15) is 21.5 Å². The highest BCUT2D eigenvalue weighted by Gasteiger charge is 2.14. The van der Waals surface area contributed by atoms with Crippen LogP contribution in [0.5, 0.6) is 5.75 Å². The third kappa shape index (κ3) is 4.26. The topological polar surface area (TPSA) is 85.4 Å². The number of hydrogen-bond acceptors (Lipinski definition) is 5. The van der Waals surface area contributed by atoms with Gasteiger partial charge in [-0.05, 0) is 37.1 Å². The molecule has 2 aromatic rings. The number of hydrogen-bond donors (Lipinski definition) is 1. The third-order valence-electron chi connectivity index (χ3n) is 2.81. The van der Waals surface area contributed by atoms with Crippen molar-refractivity contribution in [1.82, 2.24) is 4.98 Å². The van der Waals surface area contributed by atoms with Crippen molar-refractivity contribution in [3.05, 3.63) is 53.3 Å². The van der Waals surface area contributed by atoms with Gasteiger partial charge >= 0.3 is 10.5 Å². The molecule has 0 aliphatic rings. The number of carbonyl (C=O) groups excluding carboxylic acids is 1. The molecular weight excluding hydrogens is 311 g/mol. The summed E-state index contributed by atoms with van der Waals surface area (Å²) in [5.41, 5.74) is 2.50. The van der Waals surface area contributed by atoms with E-state index in [2.05, 4.69) is 14.5 Å². The number of nitrogens with one attached hydrogen (secondary N) is 1. The minimum Gasteiger partial charge on any atom is -0.357 e. The maximum atomic E-state index is 12.5. The van der Waals surface area contributed by atoms with Gasteiger partial charge < -0.3 is 9.50 Å². The molecule has 22 heavy (non-hydrogen) atoms. The van der Waals surface area contributed by atoms with Gasteiger partial charge in [-0.25, -0.2) is 0 Å². The van der Waals surface area contributed by atoms with Crippen molar-refractivity contribution < 1.29 is 21.3 Å². The zero-order valence-corrected chi connectivity index (χ0v) is 12.6. The molecule has 8 heteroatoms. The number of pyridine rings is 1. The molecule has 1 aromatic carbocycles. The van der Waals surface area contributed by atoms with Gasteiger partial charge in [0.05, 0.1) is 11.8 Å². The van der Waals surface area contributed by atoms with Gasteiger partial charge in [-0.15, -0.1) is 0 Å². The molecule has 116 valence electrons. The van der Waals surface area contributed by atoms with E-state index >= 15 is 0 Å². The average Bonchev–Trinajstić information content (AvgIpc) is 2.41. The minimum absolute atomic E-state index is 0.0436. The summed E-state index contributed by atoms with van der Waals surface area (Å²) in [4.78, 5) is 15.8. The van der Waals surface area contributed by atoms with E-state index in [4.69, 9.17) is 0 Å². The molecule has 0 aliphatic heterocycles. The molecule has 0 aliphatic carbocycles. The number of rotatable bonds is 4. The van der Waals surface area contributed by atoms with E-state index < -0.39 is 16.4 Å². The van der Waals surface area contributed by atoms with Crippen LogP contribution in [0.4, 0.5) is 9.57 Å². The first kappa shape index (κ1) is 15.9. The smallest absolute Gasteiger partial charge is 0.357 e. The Hall–Kier alpha value is -2.48. The summed E-state index contributed by atoms with van der Waals surface area (Å²) in [5.74, 6) is -0.890. The van der Waals surface area contributed by atoms with Crippen molar-refractivity contribution in [2.45, 2.75) is 13.8 Å². The zero-order valence-electron chi connectivity index (χ0n) is 11.8. The maximum Gasteiger partial charge on any atom is 0.488 e. The lowest BCUT2D eigenvalue weighted by Crippen LogP contribution is -2.13. The Balaban J connectivity index is 2.23. The molecule has 6 nitrogen and oxygen atoms in total. The molecule has 0 fully saturated rings. The summed E-state index contributed by atoms with van der Waals surface area (Å²) in [7, 11) is -5.16. The number of halogens is 1. The molecule has 1 amide bonds. The second-order valence-corrected chi connectivity index (χ2v) is 5.61. The summed E-state index contributed by atoms with van der Waals surface area (Å²) in [5, 5.41) is 2.68. The largest absolute Gasteiger partial charge is 0.488 e. The van der Waals surface area contributed by atoms with Gasteiger partial charge in [0, 0.05) is 11.9 Å². The Labute approximate surface area is 127 Å². The highest BCUT2D eigenvalue weighted by molar-refractivity contribution is 7.81. The molecule has 1 aromatic heterocycles. The van der Waals surface area contributed by atoms with Crippen LogP contribution in [0.2, 0.25) is 0 Å². The van der Waals surface area contributed by atoms with Crippen LogP contribution in [0.3, 0.4) is 0 Å². The quantitative estimate of drug-likeness (QED) is 0.874. The number of anilines is 1. The molecule has 0 unspecified atom stereocenters. The molecule has 0 saturated heterocycles. The molecule has 0 bridgehead atoms.